The normalized spacial score (nSPS) is 25.1. The van der Waals surface area contributed by atoms with Crippen LogP contribution in [-0.4, -0.2) is 72.6 Å². The third-order valence-electron chi connectivity index (χ3n) is 5.95. The van der Waals surface area contributed by atoms with Gasteiger partial charge in [0, 0.05) is 38.8 Å². The van der Waals surface area contributed by atoms with E-state index < -0.39 is 0 Å². The first kappa shape index (κ1) is 17.6. The third-order valence-corrected chi connectivity index (χ3v) is 5.95. The van der Waals surface area contributed by atoms with Crippen LogP contribution in [0.3, 0.4) is 0 Å². The first-order chi connectivity index (χ1) is 12.8. The zero-order chi connectivity index (χ0) is 17.8. The van der Waals surface area contributed by atoms with E-state index in [4.69, 9.17) is 0 Å². The molecule has 0 bridgehead atoms. The van der Waals surface area contributed by atoms with Crippen molar-refractivity contribution in [2.45, 2.75) is 31.3 Å². The number of nitrogens with zero attached hydrogens (tertiary/aromatic N) is 3. The maximum Gasteiger partial charge on any atom is 0.317 e. The number of hydrogen-bond donors (Lipinski definition) is 1. The van der Waals surface area contributed by atoms with Crippen LogP contribution in [0.15, 0.2) is 42.5 Å². The number of amides is 2. The SMILES string of the molecule is O=C(N[C@@H](CN1CCCC1)c1ccccc1)N1CC[C@@H](N2CC=CC2)C1. The van der Waals surface area contributed by atoms with Gasteiger partial charge in [-0.3, -0.25) is 4.90 Å². The third kappa shape index (κ3) is 4.10. The highest BCUT2D eigenvalue weighted by Gasteiger charge is 2.31. The van der Waals surface area contributed by atoms with Crippen LogP contribution in [0.2, 0.25) is 0 Å². The van der Waals surface area contributed by atoms with Crippen molar-refractivity contribution in [2.24, 2.45) is 0 Å². The van der Waals surface area contributed by atoms with E-state index in [-0.39, 0.29) is 12.1 Å². The average molecular weight is 354 g/mol. The molecule has 26 heavy (non-hydrogen) atoms. The second-order valence-electron chi connectivity index (χ2n) is 7.73. The molecule has 2 saturated heterocycles. The predicted molar refractivity (Wildman–Crippen MR) is 104 cm³/mol. The molecule has 4 rings (SSSR count). The van der Waals surface area contributed by atoms with Crippen LogP contribution in [0.5, 0.6) is 0 Å². The molecule has 2 atom stereocenters. The molecule has 5 heteroatoms. The van der Waals surface area contributed by atoms with Crippen LogP contribution in [0, 0.1) is 0 Å². The Morgan fingerprint density at radius 2 is 1.81 bits per heavy atom. The number of hydrogen-bond acceptors (Lipinski definition) is 3. The highest BCUT2D eigenvalue weighted by atomic mass is 16.2. The van der Waals surface area contributed by atoms with Crippen molar-refractivity contribution < 1.29 is 4.79 Å². The van der Waals surface area contributed by atoms with Gasteiger partial charge in [-0.25, -0.2) is 4.79 Å². The van der Waals surface area contributed by atoms with E-state index >= 15 is 0 Å². The van der Waals surface area contributed by atoms with Gasteiger partial charge in [-0.15, -0.1) is 0 Å². The fraction of sp³-hybridized carbons (Fsp3) is 0.571. The molecule has 3 aliphatic rings. The van der Waals surface area contributed by atoms with Crippen LogP contribution in [0.1, 0.15) is 30.9 Å². The Kier molecular flexibility index (Phi) is 5.56. The van der Waals surface area contributed by atoms with Crippen LogP contribution in [0.4, 0.5) is 4.79 Å². The summed E-state index contributed by atoms with van der Waals surface area (Å²) in [6, 6.07) is 11.1. The van der Waals surface area contributed by atoms with Crippen molar-refractivity contribution >= 4 is 6.03 Å². The molecule has 0 spiro atoms. The Bertz CT molecular complexity index is 618. The highest BCUT2D eigenvalue weighted by Crippen LogP contribution is 2.21. The van der Waals surface area contributed by atoms with Gasteiger partial charge in [0.15, 0.2) is 0 Å². The van der Waals surface area contributed by atoms with Crippen molar-refractivity contribution in [3.05, 3.63) is 48.0 Å². The van der Waals surface area contributed by atoms with Gasteiger partial charge in [0.1, 0.15) is 0 Å². The maximum atomic E-state index is 12.9. The van der Waals surface area contributed by atoms with Crippen molar-refractivity contribution in [1.29, 1.82) is 0 Å². The zero-order valence-electron chi connectivity index (χ0n) is 15.5. The fourth-order valence-corrected chi connectivity index (χ4v) is 4.40. The van der Waals surface area contributed by atoms with Gasteiger partial charge in [0.2, 0.25) is 0 Å². The molecule has 140 valence electrons. The van der Waals surface area contributed by atoms with E-state index in [1.54, 1.807) is 0 Å². The lowest BCUT2D eigenvalue weighted by molar-refractivity contribution is 0.191. The largest absolute Gasteiger partial charge is 0.330 e. The van der Waals surface area contributed by atoms with E-state index in [2.05, 4.69) is 51.5 Å². The number of rotatable bonds is 5. The standard InChI is InChI=1S/C21H30N4O/c26-21(25-15-10-19(16-25)24-13-6-7-14-24)22-20(17-23-11-4-5-12-23)18-8-2-1-3-9-18/h1-3,6-9,19-20H,4-5,10-17H2,(H,22,26)/t19-,20+/m1/s1. The summed E-state index contributed by atoms with van der Waals surface area (Å²) in [7, 11) is 0. The number of carbonyl (C=O) groups is 1. The Balaban J connectivity index is 1.37. The summed E-state index contributed by atoms with van der Waals surface area (Å²) >= 11 is 0. The molecule has 1 aromatic carbocycles. The molecule has 2 fully saturated rings. The van der Waals surface area contributed by atoms with Crippen molar-refractivity contribution in [3.63, 3.8) is 0 Å². The molecular weight excluding hydrogens is 324 g/mol. The summed E-state index contributed by atoms with van der Waals surface area (Å²) in [5, 5.41) is 3.32. The molecule has 0 aromatic heterocycles. The molecule has 5 nitrogen and oxygen atoms in total. The average Bonchev–Trinajstić information content (AvgIpc) is 3.42. The highest BCUT2D eigenvalue weighted by molar-refractivity contribution is 5.75. The van der Waals surface area contributed by atoms with Gasteiger partial charge in [-0.05, 0) is 37.9 Å². The minimum absolute atomic E-state index is 0.0642. The van der Waals surface area contributed by atoms with E-state index in [0.717, 1.165) is 52.2 Å². The Morgan fingerprint density at radius 1 is 1.08 bits per heavy atom. The number of nitrogens with one attached hydrogen (secondary N) is 1. The van der Waals surface area contributed by atoms with Gasteiger partial charge < -0.3 is 15.1 Å². The summed E-state index contributed by atoms with van der Waals surface area (Å²) in [5.41, 5.74) is 1.20. The molecule has 3 heterocycles. The van der Waals surface area contributed by atoms with E-state index in [1.807, 2.05) is 11.0 Å². The number of urea groups is 1. The molecule has 2 amide bonds. The lowest BCUT2D eigenvalue weighted by atomic mass is 10.1. The molecule has 0 unspecified atom stereocenters. The van der Waals surface area contributed by atoms with Gasteiger partial charge in [0.05, 0.1) is 6.04 Å². The number of likely N-dealkylation sites (tertiary alicyclic amines) is 2. The number of benzene rings is 1. The quantitative estimate of drug-likeness (QED) is 0.826. The summed E-state index contributed by atoms with van der Waals surface area (Å²) in [6.07, 6.45) is 8.08. The van der Waals surface area contributed by atoms with Crippen LogP contribution < -0.4 is 5.32 Å². The topological polar surface area (TPSA) is 38.8 Å². The van der Waals surface area contributed by atoms with Gasteiger partial charge in [-0.2, -0.15) is 0 Å². The van der Waals surface area contributed by atoms with Crippen molar-refractivity contribution in [2.75, 3.05) is 45.8 Å². The van der Waals surface area contributed by atoms with Crippen molar-refractivity contribution in [1.82, 2.24) is 20.0 Å². The zero-order valence-corrected chi connectivity index (χ0v) is 15.5. The predicted octanol–water partition coefficient (Wildman–Crippen LogP) is 2.48. The molecule has 0 radical (unpaired) electrons. The number of carbonyl (C=O) groups excluding carboxylic acids is 1. The Morgan fingerprint density at radius 3 is 2.54 bits per heavy atom. The smallest absolute Gasteiger partial charge is 0.317 e. The Labute approximate surface area is 156 Å². The first-order valence-corrected chi connectivity index (χ1v) is 10.0. The second-order valence-corrected chi connectivity index (χ2v) is 7.73. The van der Waals surface area contributed by atoms with Gasteiger partial charge >= 0.3 is 6.03 Å². The van der Waals surface area contributed by atoms with Gasteiger partial charge in [0.25, 0.3) is 0 Å². The van der Waals surface area contributed by atoms with Crippen LogP contribution >= 0.6 is 0 Å². The maximum absolute atomic E-state index is 12.9. The molecule has 1 N–H and O–H groups in total. The molecular formula is C21H30N4O. The second kappa shape index (κ2) is 8.23. The van der Waals surface area contributed by atoms with Gasteiger partial charge in [-0.1, -0.05) is 42.5 Å². The summed E-state index contributed by atoms with van der Waals surface area (Å²) in [4.78, 5) is 19.9. The van der Waals surface area contributed by atoms with E-state index in [9.17, 15) is 4.79 Å². The lowest BCUT2D eigenvalue weighted by Crippen LogP contribution is -2.45. The van der Waals surface area contributed by atoms with Crippen molar-refractivity contribution in [3.8, 4) is 0 Å². The monoisotopic (exact) mass is 354 g/mol. The minimum atomic E-state index is 0.0642. The fourth-order valence-electron chi connectivity index (χ4n) is 4.40. The summed E-state index contributed by atoms with van der Waals surface area (Å²) < 4.78 is 0. The lowest BCUT2D eigenvalue weighted by Gasteiger charge is -2.28. The minimum Gasteiger partial charge on any atom is -0.330 e. The summed E-state index contributed by atoms with van der Waals surface area (Å²) in [6.45, 7) is 6.96. The first-order valence-electron chi connectivity index (χ1n) is 10.0. The molecule has 3 aliphatic heterocycles. The Hall–Kier alpha value is -1.85. The summed E-state index contributed by atoms with van der Waals surface area (Å²) in [5.74, 6) is 0. The molecule has 0 saturated carbocycles. The van der Waals surface area contributed by atoms with E-state index in [0.29, 0.717) is 6.04 Å². The molecule has 1 aromatic rings. The van der Waals surface area contributed by atoms with E-state index in [1.165, 1.54) is 18.4 Å². The van der Waals surface area contributed by atoms with Crippen LogP contribution in [0.25, 0.3) is 0 Å². The van der Waals surface area contributed by atoms with Crippen LogP contribution in [-0.2, 0) is 0 Å². The molecule has 0 aliphatic carbocycles.